The number of carbonyl (C=O) groups is 1. The van der Waals surface area contributed by atoms with Gasteiger partial charge < -0.3 is 4.74 Å². The SMILES string of the molecule is CCOC(=O)C(C)c1ccc2c(c1)Cc1cc(Cl)ccc1S2. The fraction of sp³-hybridized carbons (Fsp3) is 0.278. The Morgan fingerprint density at radius 2 is 1.91 bits per heavy atom. The summed E-state index contributed by atoms with van der Waals surface area (Å²) >= 11 is 7.85. The molecule has 2 aromatic rings. The third kappa shape index (κ3) is 3.01. The second kappa shape index (κ2) is 6.35. The number of rotatable bonds is 3. The number of carbonyl (C=O) groups excluding carboxylic acids is 1. The Morgan fingerprint density at radius 1 is 1.23 bits per heavy atom. The van der Waals surface area contributed by atoms with E-state index in [1.807, 2.05) is 32.0 Å². The highest BCUT2D eigenvalue weighted by Crippen LogP contribution is 2.41. The van der Waals surface area contributed by atoms with Crippen LogP contribution >= 0.6 is 23.4 Å². The average molecular weight is 333 g/mol. The van der Waals surface area contributed by atoms with Crippen molar-refractivity contribution in [1.29, 1.82) is 0 Å². The van der Waals surface area contributed by atoms with Crippen molar-refractivity contribution in [3.8, 4) is 0 Å². The van der Waals surface area contributed by atoms with Gasteiger partial charge in [-0.2, -0.15) is 0 Å². The highest BCUT2D eigenvalue weighted by Gasteiger charge is 2.21. The molecular formula is C18H17ClO2S. The zero-order valence-corrected chi connectivity index (χ0v) is 14.1. The molecule has 3 rings (SSSR count). The standard InChI is InChI=1S/C18H17ClO2S/c1-3-21-18(20)11(2)12-4-6-16-13(8-12)9-14-10-15(19)5-7-17(14)22-16/h4-8,10-11H,3,9H2,1-2H3. The number of esters is 1. The fourth-order valence-electron chi connectivity index (χ4n) is 2.62. The van der Waals surface area contributed by atoms with Crippen LogP contribution < -0.4 is 0 Å². The quantitative estimate of drug-likeness (QED) is 0.627. The molecule has 0 saturated heterocycles. The van der Waals surface area contributed by atoms with Crippen molar-refractivity contribution in [1.82, 2.24) is 0 Å². The van der Waals surface area contributed by atoms with Gasteiger partial charge in [-0.3, -0.25) is 4.79 Å². The lowest BCUT2D eigenvalue weighted by atomic mass is 9.96. The van der Waals surface area contributed by atoms with E-state index in [1.165, 1.54) is 20.9 Å². The van der Waals surface area contributed by atoms with Crippen LogP contribution in [-0.2, 0) is 16.0 Å². The summed E-state index contributed by atoms with van der Waals surface area (Å²) < 4.78 is 5.11. The zero-order valence-electron chi connectivity index (χ0n) is 12.6. The molecule has 2 nitrogen and oxygen atoms in total. The van der Waals surface area contributed by atoms with Gasteiger partial charge in [-0.05, 0) is 61.2 Å². The van der Waals surface area contributed by atoms with E-state index in [0.717, 1.165) is 17.0 Å². The molecular weight excluding hydrogens is 316 g/mol. The minimum Gasteiger partial charge on any atom is -0.466 e. The van der Waals surface area contributed by atoms with Crippen LogP contribution in [0.25, 0.3) is 0 Å². The summed E-state index contributed by atoms with van der Waals surface area (Å²) in [6.07, 6.45) is 0.849. The van der Waals surface area contributed by atoms with Gasteiger partial charge in [0.2, 0.25) is 0 Å². The third-order valence-corrected chi connectivity index (χ3v) is 5.32. The van der Waals surface area contributed by atoms with Crippen LogP contribution in [0.4, 0.5) is 0 Å². The molecule has 4 heteroatoms. The summed E-state index contributed by atoms with van der Waals surface area (Å²) in [6.45, 7) is 4.13. The molecule has 2 aromatic carbocycles. The minimum atomic E-state index is -0.240. The Labute approximate surface area is 139 Å². The second-order valence-electron chi connectivity index (χ2n) is 5.37. The Morgan fingerprint density at radius 3 is 2.64 bits per heavy atom. The molecule has 0 saturated carbocycles. The molecule has 0 N–H and O–H groups in total. The van der Waals surface area contributed by atoms with Gasteiger partial charge in [0.25, 0.3) is 0 Å². The van der Waals surface area contributed by atoms with E-state index >= 15 is 0 Å². The normalized spacial score (nSPS) is 14.0. The summed E-state index contributed by atoms with van der Waals surface area (Å²) in [6, 6.07) is 12.3. The molecule has 22 heavy (non-hydrogen) atoms. The van der Waals surface area contributed by atoms with Crippen molar-refractivity contribution >= 4 is 29.3 Å². The molecule has 1 atom stereocenters. The first-order chi connectivity index (χ1) is 10.6. The highest BCUT2D eigenvalue weighted by molar-refractivity contribution is 7.99. The van der Waals surface area contributed by atoms with Crippen LogP contribution in [0.5, 0.6) is 0 Å². The maximum absolute atomic E-state index is 11.9. The first kappa shape index (κ1) is 15.4. The summed E-state index contributed by atoms with van der Waals surface area (Å²) in [7, 11) is 0. The van der Waals surface area contributed by atoms with E-state index in [-0.39, 0.29) is 11.9 Å². The average Bonchev–Trinajstić information content (AvgIpc) is 2.52. The van der Waals surface area contributed by atoms with Gasteiger partial charge in [-0.25, -0.2) is 0 Å². The fourth-order valence-corrected chi connectivity index (χ4v) is 3.85. The van der Waals surface area contributed by atoms with Gasteiger partial charge in [0.05, 0.1) is 12.5 Å². The first-order valence-corrected chi connectivity index (χ1v) is 8.53. The van der Waals surface area contributed by atoms with Crippen molar-refractivity contribution < 1.29 is 9.53 Å². The molecule has 0 aromatic heterocycles. The molecule has 0 bridgehead atoms. The smallest absolute Gasteiger partial charge is 0.313 e. The lowest BCUT2D eigenvalue weighted by Crippen LogP contribution is -2.13. The van der Waals surface area contributed by atoms with E-state index in [4.69, 9.17) is 16.3 Å². The molecule has 1 aliphatic rings. The predicted octanol–water partition coefficient (Wildman–Crippen LogP) is 5.06. The summed E-state index contributed by atoms with van der Waals surface area (Å²) in [4.78, 5) is 14.4. The largest absolute Gasteiger partial charge is 0.466 e. The topological polar surface area (TPSA) is 26.3 Å². The van der Waals surface area contributed by atoms with E-state index < -0.39 is 0 Å². The van der Waals surface area contributed by atoms with Crippen LogP contribution in [0.1, 0.15) is 36.5 Å². The van der Waals surface area contributed by atoms with Crippen molar-refractivity contribution in [2.24, 2.45) is 0 Å². The maximum atomic E-state index is 11.9. The zero-order chi connectivity index (χ0) is 15.7. The van der Waals surface area contributed by atoms with Gasteiger partial charge in [-0.1, -0.05) is 35.5 Å². The van der Waals surface area contributed by atoms with Gasteiger partial charge in [-0.15, -0.1) is 0 Å². The lowest BCUT2D eigenvalue weighted by Gasteiger charge is -2.21. The first-order valence-electron chi connectivity index (χ1n) is 7.34. The minimum absolute atomic E-state index is 0.172. The van der Waals surface area contributed by atoms with Crippen molar-refractivity contribution in [2.75, 3.05) is 6.61 Å². The van der Waals surface area contributed by atoms with E-state index in [1.54, 1.807) is 11.8 Å². The number of fused-ring (bicyclic) bond motifs is 2. The molecule has 0 aliphatic carbocycles. The number of halogens is 1. The van der Waals surface area contributed by atoms with Crippen LogP contribution in [0, 0.1) is 0 Å². The second-order valence-corrected chi connectivity index (χ2v) is 6.89. The van der Waals surface area contributed by atoms with E-state index in [2.05, 4.69) is 18.2 Å². The molecule has 1 unspecified atom stereocenters. The van der Waals surface area contributed by atoms with Gasteiger partial charge in [0.1, 0.15) is 0 Å². The molecule has 0 spiro atoms. The Balaban J connectivity index is 1.89. The number of hydrogen-bond donors (Lipinski definition) is 0. The summed E-state index contributed by atoms with van der Waals surface area (Å²) in [5.74, 6) is -0.412. The Kier molecular flexibility index (Phi) is 4.46. The van der Waals surface area contributed by atoms with E-state index in [9.17, 15) is 4.79 Å². The van der Waals surface area contributed by atoms with Crippen molar-refractivity contribution in [3.05, 3.63) is 58.1 Å². The summed E-state index contributed by atoms with van der Waals surface area (Å²) in [5, 5.41) is 0.763. The monoisotopic (exact) mass is 332 g/mol. The predicted molar refractivity (Wildman–Crippen MR) is 89.9 cm³/mol. The number of hydrogen-bond acceptors (Lipinski definition) is 3. The molecule has 0 radical (unpaired) electrons. The van der Waals surface area contributed by atoms with Gasteiger partial charge >= 0.3 is 5.97 Å². The number of benzene rings is 2. The Bertz CT molecular complexity index is 727. The lowest BCUT2D eigenvalue weighted by molar-refractivity contribution is -0.144. The van der Waals surface area contributed by atoms with Gasteiger partial charge in [0.15, 0.2) is 0 Å². The van der Waals surface area contributed by atoms with Crippen LogP contribution in [0.15, 0.2) is 46.2 Å². The van der Waals surface area contributed by atoms with Crippen molar-refractivity contribution in [3.63, 3.8) is 0 Å². The molecule has 114 valence electrons. The van der Waals surface area contributed by atoms with Crippen LogP contribution in [0.2, 0.25) is 5.02 Å². The van der Waals surface area contributed by atoms with Crippen molar-refractivity contribution in [2.45, 2.75) is 36.0 Å². The maximum Gasteiger partial charge on any atom is 0.313 e. The molecule has 0 amide bonds. The highest BCUT2D eigenvalue weighted by atomic mass is 35.5. The third-order valence-electron chi connectivity index (χ3n) is 3.85. The molecule has 0 fully saturated rings. The van der Waals surface area contributed by atoms with Crippen LogP contribution in [0.3, 0.4) is 0 Å². The van der Waals surface area contributed by atoms with Gasteiger partial charge in [0, 0.05) is 14.8 Å². The molecule has 1 aliphatic heterocycles. The number of ether oxygens (including phenoxy) is 1. The van der Waals surface area contributed by atoms with Crippen LogP contribution in [-0.4, -0.2) is 12.6 Å². The Hall–Kier alpha value is -1.45. The molecule has 1 heterocycles. The van der Waals surface area contributed by atoms with E-state index in [0.29, 0.717) is 6.61 Å². The summed E-state index contributed by atoms with van der Waals surface area (Å²) in [5.41, 5.74) is 3.49.